The number of nitrogens with zero attached hydrogens (tertiary/aromatic N) is 1. The number of benzene rings is 1. The molecule has 1 fully saturated rings. The number of amides is 1. The Bertz CT molecular complexity index is 1080. The first kappa shape index (κ1) is 23.7. The summed E-state index contributed by atoms with van der Waals surface area (Å²) in [6, 6.07) is 6.78. The lowest BCUT2D eigenvalue weighted by atomic mass is 9.87. The molecule has 0 bridgehead atoms. The van der Waals surface area contributed by atoms with Gasteiger partial charge >= 0.3 is 11.5 Å². The van der Waals surface area contributed by atoms with Crippen molar-refractivity contribution in [2.24, 2.45) is 5.92 Å². The summed E-state index contributed by atoms with van der Waals surface area (Å²) in [6.45, 7) is 0. The first-order valence-corrected chi connectivity index (χ1v) is 11.4. The number of carboxylic acids is 1. The van der Waals surface area contributed by atoms with E-state index in [0.717, 1.165) is 44.0 Å². The topological polar surface area (TPSA) is 113 Å². The molecule has 32 heavy (non-hydrogen) atoms. The number of rotatable bonds is 7. The van der Waals surface area contributed by atoms with Gasteiger partial charge in [-0.25, -0.2) is 18.2 Å². The van der Waals surface area contributed by atoms with Crippen molar-refractivity contribution >= 4 is 27.5 Å². The average molecular weight is 470 g/mol. The third-order valence-electron chi connectivity index (χ3n) is 5.52. The second-order valence-electron chi connectivity index (χ2n) is 7.68. The molecule has 1 amide bonds. The maximum atomic E-state index is 13.0. The highest BCUT2D eigenvalue weighted by Crippen LogP contribution is 2.36. The minimum Gasteiger partial charge on any atom is -0.478 e. The van der Waals surface area contributed by atoms with Crippen LogP contribution in [0.1, 0.15) is 53.9 Å². The van der Waals surface area contributed by atoms with Crippen LogP contribution >= 0.6 is 0 Å². The van der Waals surface area contributed by atoms with Crippen molar-refractivity contribution in [3.05, 3.63) is 53.7 Å². The number of aromatic carboxylic acids is 1. The molecule has 0 spiro atoms. The second-order valence-corrected chi connectivity index (χ2v) is 9.62. The van der Waals surface area contributed by atoms with E-state index in [4.69, 9.17) is 5.11 Å². The number of pyridine rings is 1. The number of halogens is 3. The van der Waals surface area contributed by atoms with Crippen LogP contribution in [0.25, 0.3) is 0 Å². The zero-order valence-electron chi connectivity index (χ0n) is 16.8. The van der Waals surface area contributed by atoms with E-state index in [2.05, 4.69) is 10.3 Å². The number of carbonyl (C=O) groups excluding carboxylic acids is 1. The van der Waals surface area contributed by atoms with Gasteiger partial charge in [-0.2, -0.15) is 13.2 Å². The lowest BCUT2D eigenvalue weighted by Crippen LogP contribution is -2.25. The molecule has 0 radical (unpaired) electrons. The Kier molecular flexibility index (Phi) is 6.87. The number of hydrogen-bond donors (Lipinski definition) is 2. The third kappa shape index (κ3) is 5.26. The SMILES string of the molecule is O=C(O)c1ccc(NC(=O)C(CC2CCCC2)c2ccc(S(=O)(=O)C(F)(F)F)cc2)nc1. The van der Waals surface area contributed by atoms with Gasteiger partial charge < -0.3 is 10.4 Å². The van der Waals surface area contributed by atoms with E-state index < -0.39 is 38.0 Å². The number of carbonyl (C=O) groups is 2. The van der Waals surface area contributed by atoms with Crippen molar-refractivity contribution in [3.8, 4) is 0 Å². The molecule has 1 aromatic heterocycles. The summed E-state index contributed by atoms with van der Waals surface area (Å²) in [4.78, 5) is 27.0. The van der Waals surface area contributed by atoms with Gasteiger partial charge in [0.25, 0.3) is 9.84 Å². The lowest BCUT2D eigenvalue weighted by molar-refractivity contribution is -0.118. The number of sulfone groups is 1. The molecule has 1 unspecified atom stereocenters. The van der Waals surface area contributed by atoms with E-state index in [9.17, 15) is 31.2 Å². The molecule has 1 aliphatic carbocycles. The molecule has 172 valence electrons. The molecule has 1 saturated carbocycles. The average Bonchev–Trinajstić information content (AvgIpc) is 3.25. The van der Waals surface area contributed by atoms with Crippen LogP contribution in [0.4, 0.5) is 19.0 Å². The monoisotopic (exact) mass is 470 g/mol. The van der Waals surface area contributed by atoms with Gasteiger partial charge in [0.15, 0.2) is 0 Å². The predicted octanol–water partition coefficient (Wildman–Crippen LogP) is 4.38. The van der Waals surface area contributed by atoms with Gasteiger partial charge in [-0.1, -0.05) is 37.8 Å². The first-order chi connectivity index (χ1) is 15.0. The van der Waals surface area contributed by atoms with Crippen LogP contribution in [0.3, 0.4) is 0 Å². The van der Waals surface area contributed by atoms with Crippen molar-refractivity contribution < 1.29 is 36.3 Å². The smallest absolute Gasteiger partial charge is 0.478 e. The minimum atomic E-state index is -5.48. The molecule has 3 rings (SSSR count). The fourth-order valence-electron chi connectivity index (χ4n) is 3.79. The highest BCUT2D eigenvalue weighted by atomic mass is 32.2. The molecule has 2 aromatic rings. The largest absolute Gasteiger partial charge is 0.501 e. The van der Waals surface area contributed by atoms with Gasteiger partial charge in [-0.3, -0.25) is 4.79 Å². The van der Waals surface area contributed by atoms with Gasteiger partial charge in [-0.15, -0.1) is 0 Å². The summed E-state index contributed by atoms with van der Waals surface area (Å²) < 4.78 is 61.6. The van der Waals surface area contributed by atoms with Gasteiger partial charge in [0.1, 0.15) is 5.82 Å². The third-order valence-corrected chi connectivity index (χ3v) is 7.02. The van der Waals surface area contributed by atoms with Crippen LogP contribution in [-0.2, 0) is 14.6 Å². The molecule has 0 aliphatic heterocycles. The van der Waals surface area contributed by atoms with E-state index in [1.165, 1.54) is 24.3 Å². The summed E-state index contributed by atoms with van der Waals surface area (Å²) in [5.74, 6) is -1.97. The first-order valence-electron chi connectivity index (χ1n) is 9.90. The molecule has 0 saturated heterocycles. The van der Waals surface area contributed by atoms with E-state index in [1.807, 2.05) is 0 Å². The Morgan fingerprint density at radius 1 is 1.09 bits per heavy atom. The van der Waals surface area contributed by atoms with Crippen molar-refractivity contribution in [3.63, 3.8) is 0 Å². The summed E-state index contributed by atoms with van der Waals surface area (Å²) in [6.07, 6.45) is 5.46. The summed E-state index contributed by atoms with van der Waals surface area (Å²) in [7, 11) is -5.48. The molecular weight excluding hydrogens is 449 g/mol. The Morgan fingerprint density at radius 2 is 1.72 bits per heavy atom. The molecule has 11 heteroatoms. The molecule has 1 heterocycles. The van der Waals surface area contributed by atoms with E-state index >= 15 is 0 Å². The predicted molar refractivity (Wildman–Crippen MR) is 109 cm³/mol. The number of carboxylic acid groups (broad SMARTS) is 1. The van der Waals surface area contributed by atoms with Gasteiger partial charge in [0, 0.05) is 6.20 Å². The van der Waals surface area contributed by atoms with Crippen LogP contribution in [0.2, 0.25) is 0 Å². The quantitative estimate of drug-likeness (QED) is 0.621. The number of anilines is 1. The lowest BCUT2D eigenvalue weighted by Gasteiger charge is -2.21. The van der Waals surface area contributed by atoms with Gasteiger partial charge in [0.2, 0.25) is 5.91 Å². The standard InChI is InChI=1S/C21H21F3N2O5S/c22-21(23,24)32(30,31)16-8-5-14(6-9-16)17(11-13-3-1-2-4-13)19(27)26-18-10-7-15(12-25-18)20(28)29/h5-10,12-13,17H,1-4,11H2,(H,28,29)(H,25,26,27). The second kappa shape index (κ2) is 9.27. The fourth-order valence-corrected chi connectivity index (χ4v) is 4.56. The van der Waals surface area contributed by atoms with Crippen LogP contribution in [0, 0.1) is 5.92 Å². The Balaban J connectivity index is 1.85. The molecular formula is C21H21F3N2O5S. The number of aromatic nitrogens is 1. The van der Waals surface area contributed by atoms with Crippen molar-refractivity contribution in [2.45, 2.75) is 48.4 Å². The normalized spacial score (nSPS) is 16.0. The zero-order chi connectivity index (χ0) is 23.5. The molecule has 1 aliphatic rings. The van der Waals surface area contributed by atoms with Crippen LogP contribution in [0.15, 0.2) is 47.5 Å². The zero-order valence-corrected chi connectivity index (χ0v) is 17.6. The van der Waals surface area contributed by atoms with E-state index in [1.54, 1.807) is 0 Å². The Hall–Kier alpha value is -2.95. The number of hydrogen-bond acceptors (Lipinski definition) is 5. The van der Waals surface area contributed by atoms with Crippen molar-refractivity contribution in [1.29, 1.82) is 0 Å². The maximum Gasteiger partial charge on any atom is 0.501 e. The van der Waals surface area contributed by atoms with Gasteiger partial charge in [-0.05, 0) is 42.2 Å². The van der Waals surface area contributed by atoms with E-state index in [0.29, 0.717) is 12.0 Å². The molecule has 1 aromatic carbocycles. The van der Waals surface area contributed by atoms with Crippen molar-refractivity contribution in [1.82, 2.24) is 4.98 Å². The number of nitrogens with one attached hydrogen (secondary N) is 1. The molecule has 2 N–H and O–H groups in total. The van der Waals surface area contributed by atoms with Crippen molar-refractivity contribution in [2.75, 3.05) is 5.32 Å². The minimum absolute atomic E-state index is 0.0491. The summed E-state index contributed by atoms with van der Waals surface area (Å²) >= 11 is 0. The Morgan fingerprint density at radius 3 is 2.22 bits per heavy atom. The van der Waals surface area contributed by atoms with Crippen LogP contribution in [-0.4, -0.2) is 35.9 Å². The molecule has 7 nitrogen and oxygen atoms in total. The Labute approximate surface area is 182 Å². The van der Waals surface area contributed by atoms with E-state index in [-0.39, 0.29) is 17.3 Å². The highest BCUT2D eigenvalue weighted by molar-refractivity contribution is 7.92. The number of alkyl halides is 3. The van der Waals surface area contributed by atoms with Gasteiger partial charge in [0.05, 0.1) is 16.4 Å². The maximum absolute atomic E-state index is 13.0. The highest BCUT2D eigenvalue weighted by Gasteiger charge is 2.46. The fraction of sp³-hybridized carbons (Fsp3) is 0.381. The molecule has 1 atom stereocenters. The summed E-state index contributed by atoms with van der Waals surface area (Å²) in [5.41, 5.74) is -5.08. The summed E-state index contributed by atoms with van der Waals surface area (Å²) in [5, 5.41) is 11.6. The van der Waals surface area contributed by atoms with Crippen LogP contribution in [0.5, 0.6) is 0 Å². The van der Waals surface area contributed by atoms with Crippen LogP contribution < -0.4 is 5.32 Å².